The van der Waals surface area contributed by atoms with Crippen LogP contribution >= 0.6 is 38.9 Å². The van der Waals surface area contributed by atoms with Crippen molar-refractivity contribution in [2.45, 2.75) is 18.8 Å². The highest BCUT2D eigenvalue weighted by atomic mass is 79.9. The molecular formula is C10H7BrClNS. The van der Waals surface area contributed by atoms with E-state index in [4.69, 9.17) is 11.6 Å². The lowest BCUT2D eigenvalue weighted by molar-refractivity contribution is 1.12. The maximum atomic E-state index is 6.07. The summed E-state index contributed by atoms with van der Waals surface area (Å²) in [5.41, 5.74) is 1.38. The number of aromatic nitrogens is 1. The lowest BCUT2D eigenvalue weighted by Crippen LogP contribution is -1.84. The van der Waals surface area contributed by atoms with Crippen molar-refractivity contribution in [1.82, 2.24) is 4.98 Å². The van der Waals surface area contributed by atoms with E-state index in [2.05, 4.69) is 26.3 Å². The zero-order valence-corrected chi connectivity index (χ0v) is 10.4. The van der Waals surface area contributed by atoms with Crippen LogP contribution in [-0.4, -0.2) is 4.98 Å². The molecule has 14 heavy (non-hydrogen) atoms. The zero-order chi connectivity index (χ0) is 9.71. The molecule has 2 heterocycles. The fourth-order valence-electron chi connectivity index (χ4n) is 1.68. The van der Waals surface area contributed by atoms with Crippen LogP contribution < -0.4 is 0 Å². The van der Waals surface area contributed by atoms with Crippen LogP contribution in [0.1, 0.15) is 24.3 Å². The summed E-state index contributed by atoms with van der Waals surface area (Å²) in [5, 5.41) is 3.78. The Hall–Kier alpha value is -0.120. The van der Waals surface area contributed by atoms with Crippen LogP contribution in [0.15, 0.2) is 16.0 Å². The molecular weight excluding hydrogens is 282 g/mol. The van der Waals surface area contributed by atoms with E-state index in [1.165, 1.54) is 23.1 Å². The second-order valence-corrected chi connectivity index (χ2v) is 5.66. The highest BCUT2D eigenvalue weighted by Crippen LogP contribution is 2.46. The van der Waals surface area contributed by atoms with Crippen molar-refractivity contribution in [2.24, 2.45) is 0 Å². The van der Waals surface area contributed by atoms with Crippen LogP contribution in [0.5, 0.6) is 0 Å². The predicted octanol–water partition coefficient (Wildman–Crippen LogP) is 4.59. The van der Waals surface area contributed by atoms with Crippen LogP contribution in [-0.2, 0) is 0 Å². The molecule has 0 N–H and O–H groups in total. The summed E-state index contributed by atoms with van der Waals surface area (Å²) in [7, 11) is 0. The topological polar surface area (TPSA) is 12.9 Å². The third kappa shape index (κ3) is 1.30. The van der Waals surface area contributed by atoms with Gasteiger partial charge in [0.15, 0.2) is 0 Å². The van der Waals surface area contributed by atoms with E-state index in [9.17, 15) is 0 Å². The van der Waals surface area contributed by atoms with Crippen molar-refractivity contribution in [1.29, 1.82) is 0 Å². The van der Waals surface area contributed by atoms with Gasteiger partial charge in [-0.25, -0.2) is 4.98 Å². The maximum Gasteiger partial charge on any atom is 0.138 e. The number of halogens is 2. The van der Waals surface area contributed by atoms with E-state index < -0.39 is 0 Å². The lowest BCUT2D eigenvalue weighted by Gasteiger charge is -2.01. The van der Waals surface area contributed by atoms with E-state index in [1.807, 2.05) is 6.20 Å². The molecule has 1 aliphatic rings. The van der Waals surface area contributed by atoms with Gasteiger partial charge in [-0.2, -0.15) is 0 Å². The second kappa shape index (κ2) is 3.19. The Morgan fingerprint density at radius 1 is 1.50 bits per heavy atom. The smallest absolute Gasteiger partial charge is 0.138 e. The van der Waals surface area contributed by atoms with Crippen molar-refractivity contribution >= 4 is 49.0 Å². The van der Waals surface area contributed by atoms with E-state index in [0.29, 0.717) is 5.15 Å². The molecule has 72 valence electrons. The third-order valence-corrected chi connectivity index (χ3v) is 4.79. The number of hydrogen-bond donors (Lipinski definition) is 0. The highest BCUT2D eigenvalue weighted by molar-refractivity contribution is 9.10. The normalized spacial score (nSPS) is 16.4. The van der Waals surface area contributed by atoms with Gasteiger partial charge in [-0.3, -0.25) is 0 Å². The SMILES string of the molecule is Clc1ncc(C2CC2)c2scc(Br)c12. The molecule has 3 rings (SSSR count). The predicted molar refractivity (Wildman–Crippen MR) is 64.3 cm³/mol. The van der Waals surface area contributed by atoms with Crippen molar-refractivity contribution < 1.29 is 0 Å². The Morgan fingerprint density at radius 3 is 3.00 bits per heavy atom. The molecule has 0 atom stereocenters. The Labute approximate surface area is 99.2 Å². The Morgan fingerprint density at radius 2 is 2.29 bits per heavy atom. The van der Waals surface area contributed by atoms with Gasteiger partial charge in [0.25, 0.3) is 0 Å². The fraction of sp³-hybridized carbons (Fsp3) is 0.300. The molecule has 0 saturated heterocycles. The summed E-state index contributed by atoms with van der Waals surface area (Å²) in [5.74, 6) is 0.729. The molecule has 1 saturated carbocycles. The van der Waals surface area contributed by atoms with E-state index in [1.54, 1.807) is 11.3 Å². The molecule has 4 heteroatoms. The van der Waals surface area contributed by atoms with E-state index in [0.717, 1.165) is 15.8 Å². The number of pyridine rings is 1. The minimum atomic E-state index is 0.609. The number of fused-ring (bicyclic) bond motifs is 1. The van der Waals surface area contributed by atoms with Crippen molar-refractivity contribution in [2.75, 3.05) is 0 Å². The molecule has 1 nitrogen and oxygen atoms in total. The second-order valence-electron chi connectivity index (χ2n) is 3.57. The van der Waals surface area contributed by atoms with Gasteiger partial charge in [0.05, 0.1) is 0 Å². The van der Waals surface area contributed by atoms with Crippen LogP contribution in [0, 0.1) is 0 Å². The van der Waals surface area contributed by atoms with Gasteiger partial charge in [-0.15, -0.1) is 11.3 Å². The summed E-state index contributed by atoms with van der Waals surface area (Å²) in [6.45, 7) is 0. The third-order valence-electron chi connectivity index (χ3n) is 2.55. The van der Waals surface area contributed by atoms with Gasteiger partial charge in [0.2, 0.25) is 0 Å². The lowest BCUT2D eigenvalue weighted by atomic mass is 10.1. The average Bonchev–Trinajstić information content (AvgIpc) is 2.92. The monoisotopic (exact) mass is 287 g/mol. The van der Waals surface area contributed by atoms with Crippen LogP contribution in [0.3, 0.4) is 0 Å². The molecule has 0 unspecified atom stereocenters. The molecule has 0 aliphatic heterocycles. The van der Waals surface area contributed by atoms with E-state index in [-0.39, 0.29) is 0 Å². The zero-order valence-electron chi connectivity index (χ0n) is 7.26. The molecule has 0 spiro atoms. The summed E-state index contributed by atoms with van der Waals surface area (Å²) < 4.78 is 2.37. The number of nitrogens with zero attached hydrogens (tertiary/aromatic N) is 1. The molecule has 2 aromatic rings. The molecule has 0 aromatic carbocycles. The first-order valence-electron chi connectivity index (χ1n) is 4.48. The van der Waals surface area contributed by atoms with Gasteiger partial charge in [-0.1, -0.05) is 11.6 Å². The summed E-state index contributed by atoms with van der Waals surface area (Å²) in [6.07, 6.45) is 4.53. The molecule has 0 radical (unpaired) electrons. The number of rotatable bonds is 1. The Balaban J connectivity index is 2.37. The first-order valence-corrected chi connectivity index (χ1v) is 6.53. The minimum Gasteiger partial charge on any atom is -0.243 e. The van der Waals surface area contributed by atoms with Crippen LogP contribution in [0.2, 0.25) is 5.15 Å². The first kappa shape index (κ1) is 9.13. The molecule has 0 amide bonds. The molecule has 2 aromatic heterocycles. The number of thiophene rings is 1. The average molecular weight is 289 g/mol. The van der Waals surface area contributed by atoms with Gasteiger partial charge in [0, 0.05) is 26.1 Å². The van der Waals surface area contributed by atoms with Crippen molar-refractivity contribution in [3.8, 4) is 0 Å². The standard InChI is InChI=1S/C10H7BrClNS/c11-7-4-14-9-6(5-1-2-5)3-13-10(12)8(7)9/h3-5H,1-2H2. The Kier molecular flexibility index (Phi) is 2.08. The van der Waals surface area contributed by atoms with E-state index >= 15 is 0 Å². The first-order chi connectivity index (χ1) is 6.77. The highest BCUT2D eigenvalue weighted by Gasteiger charge is 2.27. The molecule has 1 aliphatic carbocycles. The van der Waals surface area contributed by atoms with Gasteiger partial charge >= 0.3 is 0 Å². The van der Waals surface area contributed by atoms with Gasteiger partial charge in [0.1, 0.15) is 5.15 Å². The minimum absolute atomic E-state index is 0.609. The fourth-order valence-corrected chi connectivity index (χ4v) is 3.91. The van der Waals surface area contributed by atoms with Crippen LogP contribution in [0.4, 0.5) is 0 Å². The quantitative estimate of drug-likeness (QED) is 0.699. The van der Waals surface area contributed by atoms with Crippen molar-refractivity contribution in [3.63, 3.8) is 0 Å². The van der Waals surface area contributed by atoms with Crippen molar-refractivity contribution in [3.05, 3.63) is 26.8 Å². The largest absolute Gasteiger partial charge is 0.243 e. The maximum absolute atomic E-state index is 6.07. The summed E-state index contributed by atoms with van der Waals surface area (Å²) in [4.78, 5) is 4.24. The Bertz CT molecular complexity index is 504. The van der Waals surface area contributed by atoms with Gasteiger partial charge in [-0.05, 0) is 40.3 Å². The van der Waals surface area contributed by atoms with Gasteiger partial charge < -0.3 is 0 Å². The molecule has 0 bridgehead atoms. The summed E-state index contributed by atoms with van der Waals surface area (Å²) >= 11 is 11.3. The molecule has 1 fully saturated rings. The number of hydrogen-bond acceptors (Lipinski definition) is 2. The van der Waals surface area contributed by atoms with Crippen LogP contribution in [0.25, 0.3) is 10.1 Å². The summed E-state index contributed by atoms with van der Waals surface area (Å²) in [6, 6.07) is 0.